The Labute approximate surface area is 104 Å². The molecule has 0 unspecified atom stereocenters. The minimum atomic E-state index is -0.349. The highest BCUT2D eigenvalue weighted by molar-refractivity contribution is 5.96. The van der Waals surface area contributed by atoms with Crippen molar-refractivity contribution in [3.63, 3.8) is 0 Å². The lowest BCUT2D eigenvalue weighted by molar-refractivity contribution is -0.137. The lowest BCUT2D eigenvalue weighted by atomic mass is 9.97. The second-order valence-electron chi connectivity index (χ2n) is 5.72. The van der Waals surface area contributed by atoms with E-state index in [1.54, 1.807) is 0 Å². The summed E-state index contributed by atoms with van der Waals surface area (Å²) in [5, 5.41) is 5.65. The number of nitrogens with one attached hydrogen (secondary N) is 2. The molecule has 1 saturated heterocycles. The van der Waals surface area contributed by atoms with E-state index in [1.165, 1.54) is 0 Å². The largest absolute Gasteiger partial charge is 0.343 e. The lowest BCUT2D eigenvalue weighted by Gasteiger charge is -2.30. The summed E-state index contributed by atoms with van der Waals surface area (Å²) in [5.74, 6) is 0.884. The molecule has 2 atom stereocenters. The third-order valence-corrected chi connectivity index (χ3v) is 3.01. The van der Waals surface area contributed by atoms with Crippen molar-refractivity contribution < 1.29 is 9.59 Å². The monoisotopic (exact) mass is 240 g/mol. The molecule has 1 fully saturated rings. The molecule has 0 aromatic heterocycles. The molecule has 98 valence electrons. The third kappa shape index (κ3) is 4.36. The van der Waals surface area contributed by atoms with E-state index in [0.717, 1.165) is 12.8 Å². The minimum Gasteiger partial charge on any atom is -0.343 e. The first-order chi connectivity index (χ1) is 7.90. The molecule has 1 heterocycles. The molecule has 1 rings (SSSR count). The van der Waals surface area contributed by atoms with Gasteiger partial charge in [0, 0.05) is 0 Å². The molecule has 0 aliphatic carbocycles. The summed E-state index contributed by atoms with van der Waals surface area (Å²) >= 11 is 0. The van der Waals surface area contributed by atoms with Gasteiger partial charge in [-0.05, 0) is 31.1 Å². The normalized spacial score (nSPS) is 25.1. The smallest absolute Gasteiger partial charge is 0.243 e. The van der Waals surface area contributed by atoms with Crippen LogP contribution in [0.25, 0.3) is 0 Å². The summed E-state index contributed by atoms with van der Waals surface area (Å²) < 4.78 is 0. The van der Waals surface area contributed by atoms with Crippen molar-refractivity contribution in [1.82, 2.24) is 10.6 Å². The molecule has 0 saturated carbocycles. The Hall–Kier alpha value is -1.06. The molecule has 4 nitrogen and oxygen atoms in total. The van der Waals surface area contributed by atoms with E-state index < -0.39 is 0 Å². The van der Waals surface area contributed by atoms with Crippen molar-refractivity contribution >= 4 is 11.8 Å². The summed E-state index contributed by atoms with van der Waals surface area (Å²) in [5.41, 5.74) is 0. The van der Waals surface area contributed by atoms with Gasteiger partial charge in [-0.25, -0.2) is 0 Å². The van der Waals surface area contributed by atoms with Crippen molar-refractivity contribution in [3.8, 4) is 0 Å². The number of rotatable bonds is 5. The number of hydrogen-bond donors (Lipinski definition) is 2. The summed E-state index contributed by atoms with van der Waals surface area (Å²) in [6.45, 7) is 8.32. The van der Waals surface area contributed by atoms with Crippen LogP contribution < -0.4 is 10.6 Å². The van der Waals surface area contributed by atoms with E-state index in [9.17, 15) is 9.59 Å². The fourth-order valence-electron chi connectivity index (χ4n) is 2.02. The van der Waals surface area contributed by atoms with Crippen molar-refractivity contribution in [2.45, 2.75) is 59.0 Å². The van der Waals surface area contributed by atoms with E-state index in [2.05, 4.69) is 24.5 Å². The lowest BCUT2D eigenvalue weighted by Crippen LogP contribution is -2.61. The predicted octanol–water partition coefficient (Wildman–Crippen LogP) is 1.45. The van der Waals surface area contributed by atoms with E-state index >= 15 is 0 Å². The maximum atomic E-state index is 11.8. The van der Waals surface area contributed by atoms with Crippen molar-refractivity contribution in [2.75, 3.05) is 0 Å². The van der Waals surface area contributed by atoms with Gasteiger partial charge in [-0.3, -0.25) is 9.59 Å². The summed E-state index contributed by atoms with van der Waals surface area (Å²) in [6.07, 6.45) is 2.38. The van der Waals surface area contributed by atoms with Gasteiger partial charge in [-0.2, -0.15) is 0 Å². The highest BCUT2D eigenvalue weighted by atomic mass is 16.2. The fraction of sp³-hybridized carbons (Fsp3) is 0.846. The van der Waals surface area contributed by atoms with Gasteiger partial charge in [0.15, 0.2) is 0 Å². The SMILES string of the molecule is CC(C)CC[C@H]1NC(=O)[C@@H](CC(C)C)NC1=O. The Morgan fingerprint density at radius 3 is 2.00 bits per heavy atom. The van der Waals surface area contributed by atoms with Gasteiger partial charge in [0.2, 0.25) is 11.8 Å². The van der Waals surface area contributed by atoms with Gasteiger partial charge >= 0.3 is 0 Å². The van der Waals surface area contributed by atoms with Gasteiger partial charge < -0.3 is 10.6 Å². The van der Waals surface area contributed by atoms with Crippen LogP contribution in [0.2, 0.25) is 0 Å². The predicted molar refractivity (Wildman–Crippen MR) is 67.4 cm³/mol. The fourth-order valence-corrected chi connectivity index (χ4v) is 2.02. The standard InChI is InChI=1S/C13H24N2O2/c1-8(2)5-6-10-12(16)15-11(7-9(3)4)13(17)14-10/h8-11H,5-7H2,1-4H3,(H,14,17)(H,15,16)/t10-,11-/m1/s1. The third-order valence-electron chi connectivity index (χ3n) is 3.01. The number of carbonyl (C=O) groups is 2. The zero-order chi connectivity index (χ0) is 13.0. The first-order valence-corrected chi connectivity index (χ1v) is 6.51. The molecule has 4 heteroatoms. The summed E-state index contributed by atoms with van der Waals surface area (Å²) in [4.78, 5) is 23.6. The van der Waals surface area contributed by atoms with Crippen LogP contribution in [0, 0.1) is 11.8 Å². The maximum Gasteiger partial charge on any atom is 0.243 e. The molecule has 1 aliphatic heterocycles. The zero-order valence-corrected chi connectivity index (χ0v) is 11.2. The molecule has 0 aromatic rings. The molecule has 2 amide bonds. The van der Waals surface area contributed by atoms with Gasteiger partial charge in [0.1, 0.15) is 12.1 Å². The maximum absolute atomic E-state index is 11.8. The topological polar surface area (TPSA) is 58.2 Å². The van der Waals surface area contributed by atoms with Crippen LogP contribution in [0.3, 0.4) is 0 Å². The first-order valence-electron chi connectivity index (χ1n) is 6.51. The van der Waals surface area contributed by atoms with Crippen molar-refractivity contribution in [1.29, 1.82) is 0 Å². The molecular formula is C13H24N2O2. The Morgan fingerprint density at radius 1 is 0.941 bits per heavy atom. The number of piperazine rings is 1. The second kappa shape index (κ2) is 6.03. The van der Waals surface area contributed by atoms with Crippen LogP contribution in [-0.2, 0) is 9.59 Å². The Balaban J connectivity index is 2.49. The van der Waals surface area contributed by atoms with E-state index in [0.29, 0.717) is 18.3 Å². The quantitative estimate of drug-likeness (QED) is 0.764. The second-order valence-corrected chi connectivity index (χ2v) is 5.72. The van der Waals surface area contributed by atoms with Crippen LogP contribution >= 0.6 is 0 Å². The van der Waals surface area contributed by atoms with Gasteiger partial charge in [0.25, 0.3) is 0 Å². The molecule has 0 aromatic carbocycles. The molecule has 0 radical (unpaired) electrons. The van der Waals surface area contributed by atoms with Crippen LogP contribution in [-0.4, -0.2) is 23.9 Å². The highest BCUT2D eigenvalue weighted by Crippen LogP contribution is 2.13. The van der Waals surface area contributed by atoms with Gasteiger partial charge in [-0.15, -0.1) is 0 Å². The Kier molecular flexibility index (Phi) is 4.97. The zero-order valence-electron chi connectivity index (χ0n) is 11.2. The van der Waals surface area contributed by atoms with Crippen LogP contribution in [0.4, 0.5) is 0 Å². The van der Waals surface area contributed by atoms with Crippen molar-refractivity contribution in [3.05, 3.63) is 0 Å². The van der Waals surface area contributed by atoms with Gasteiger partial charge in [-0.1, -0.05) is 27.7 Å². The molecule has 0 bridgehead atoms. The molecule has 0 spiro atoms. The van der Waals surface area contributed by atoms with E-state index in [4.69, 9.17) is 0 Å². The first kappa shape index (κ1) is 14.0. The summed E-state index contributed by atoms with van der Waals surface area (Å²) in [6, 6.07) is -0.689. The molecular weight excluding hydrogens is 216 g/mol. The molecule has 2 N–H and O–H groups in total. The van der Waals surface area contributed by atoms with E-state index in [1.807, 2.05) is 13.8 Å². The van der Waals surface area contributed by atoms with Crippen LogP contribution in [0.1, 0.15) is 47.0 Å². The average molecular weight is 240 g/mol. The number of amides is 2. The van der Waals surface area contributed by atoms with Crippen LogP contribution in [0.15, 0.2) is 0 Å². The Bertz CT molecular complexity index is 287. The highest BCUT2D eigenvalue weighted by Gasteiger charge is 2.33. The minimum absolute atomic E-state index is 0.0316. The van der Waals surface area contributed by atoms with E-state index in [-0.39, 0.29) is 23.9 Å². The van der Waals surface area contributed by atoms with Gasteiger partial charge in [0.05, 0.1) is 0 Å². The average Bonchev–Trinajstić information content (AvgIpc) is 2.20. The summed E-state index contributed by atoms with van der Waals surface area (Å²) in [7, 11) is 0. The Morgan fingerprint density at radius 2 is 1.47 bits per heavy atom. The van der Waals surface area contributed by atoms with Crippen molar-refractivity contribution in [2.24, 2.45) is 11.8 Å². The number of hydrogen-bond acceptors (Lipinski definition) is 2. The molecule has 1 aliphatic rings. The molecule has 17 heavy (non-hydrogen) atoms. The number of carbonyl (C=O) groups excluding carboxylic acids is 2. The van der Waals surface area contributed by atoms with Crippen LogP contribution in [0.5, 0.6) is 0 Å².